The van der Waals surface area contributed by atoms with Crippen LogP contribution in [0.4, 0.5) is 0 Å². The van der Waals surface area contributed by atoms with Crippen LogP contribution in [0, 0.1) is 0 Å². The summed E-state index contributed by atoms with van der Waals surface area (Å²) < 4.78 is 10.5. The summed E-state index contributed by atoms with van der Waals surface area (Å²) in [4.78, 5) is 2.27. The molecule has 1 aliphatic heterocycles. The fourth-order valence-corrected chi connectivity index (χ4v) is 1.90. The summed E-state index contributed by atoms with van der Waals surface area (Å²) in [5.74, 6) is 1.64. The van der Waals surface area contributed by atoms with Gasteiger partial charge in [0, 0.05) is 13.1 Å². The van der Waals surface area contributed by atoms with Crippen LogP contribution in [0.25, 0.3) is 0 Å². The summed E-state index contributed by atoms with van der Waals surface area (Å²) >= 11 is 0. The van der Waals surface area contributed by atoms with Crippen LogP contribution >= 0.6 is 12.4 Å². The van der Waals surface area contributed by atoms with Gasteiger partial charge in [-0.25, -0.2) is 0 Å². The lowest BCUT2D eigenvalue weighted by Gasteiger charge is -2.09. The quantitative estimate of drug-likeness (QED) is 0.775. The van der Waals surface area contributed by atoms with E-state index in [1.54, 1.807) is 14.2 Å². The van der Waals surface area contributed by atoms with Crippen molar-refractivity contribution in [3.63, 3.8) is 0 Å². The summed E-state index contributed by atoms with van der Waals surface area (Å²) in [5.41, 5.74) is 2.68. The average molecular weight is 230 g/mol. The largest absolute Gasteiger partial charge is 0.493 e. The molecule has 0 amide bonds. The Kier molecular flexibility index (Phi) is 3.83. The smallest absolute Gasteiger partial charge is 0.161 e. The van der Waals surface area contributed by atoms with Gasteiger partial charge in [0.2, 0.25) is 0 Å². The molecule has 0 radical (unpaired) electrons. The van der Waals surface area contributed by atoms with Gasteiger partial charge in [0.1, 0.15) is 0 Å². The van der Waals surface area contributed by atoms with Crippen molar-refractivity contribution in [1.29, 1.82) is 0 Å². The molecule has 0 saturated carbocycles. The van der Waals surface area contributed by atoms with Gasteiger partial charge in [-0.1, -0.05) is 0 Å². The van der Waals surface area contributed by atoms with Gasteiger partial charge >= 0.3 is 0 Å². The van der Waals surface area contributed by atoms with E-state index in [2.05, 4.69) is 24.1 Å². The highest BCUT2D eigenvalue weighted by atomic mass is 35.5. The zero-order valence-electron chi connectivity index (χ0n) is 9.24. The zero-order chi connectivity index (χ0) is 10.1. The summed E-state index contributed by atoms with van der Waals surface area (Å²) in [5, 5.41) is 0. The molecule has 84 valence electrons. The normalized spacial score (nSPS) is 14.3. The molecule has 1 heterocycles. The minimum atomic E-state index is 0. The Morgan fingerprint density at radius 2 is 1.40 bits per heavy atom. The third-order valence-corrected chi connectivity index (χ3v) is 2.59. The molecule has 15 heavy (non-hydrogen) atoms. The number of methoxy groups -OCH3 is 2. The summed E-state index contributed by atoms with van der Waals surface area (Å²) in [6.45, 7) is 1.99. The maximum Gasteiger partial charge on any atom is 0.161 e. The van der Waals surface area contributed by atoms with E-state index in [9.17, 15) is 0 Å². The minimum absolute atomic E-state index is 0. The van der Waals surface area contributed by atoms with Crippen LogP contribution in [-0.2, 0) is 13.1 Å². The third kappa shape index (κ3) is 2.19. The number of hydrogen-bond acceptors (Lipinski definition) is 3. The van der Waals surface area contributed by atoms with E-state index >= 15 is 0 Å². The summed E-state index contributed by atoms with van der Waals surface area (Å²) in [7, 11) is 5.45. The van der Waals surface area contributed by atoms with Crippen LogP contribution in [0.2, 0.25) is 0 Å². The van der Waals surface area contributed by atoms with Gasteiger partial charge in [-0.3, -0.25) is 4.90 Å². The number of halogens is 1. The molecule has 0 bridgehead atoms. The fraction of sp³-hybridized carbons (Fsp3) is 0.455. The third-order valence-electron chi connectivity index (χ3n) is 2.59. The highest BCUT2D eigenvalue weighted by Gasteiger charge is 2.18. The fourth-order valence-electron chi connectivity index (χ4n) is 1.90. The minimum Gasteiger partial charge on any atom is -0.493 e. The Morgan fingerprint density at radius 3 is 1.73 bits per heavy atom. The van der Waals surface area contributed by atoms with Crippen molar-refractivity contribution in [2.75, 3.05) is 21.3 Å². The predicted octanol–water partition coefficient (Wildman–Crippen LogP) is 2.07. The van der Waals surface area contributed by atoms with Crippen molar-refractivity contribution >= 4 is 12.4 Å². The number of fused-ring (bicyclic) bond motifs is 1. The number of ether oxygens (including phenoxy) is 2. The van der Waals surface area contributed by atoms with Crippen molar-refractivity contribution in [2.24, 2.45) is 0 Å². The van der Waals surface area contributed by atoms with Crippen LogP contribution in [0.3, 0.4) is 0 Å². The van der Waals surface area contributed by atoms with E-state index in [-0.39, 0.29) is 12.4 Å². The molecular weight excluding hydrogens is 214 g/mol. The second kappa shape index (κ2) is 4.73. The summed E-state index contributed by atoms with van der Waals surface area (Å²) in [6, 6.07) is 4.13. The Bertz CT molecular complexity index is 322. The van der Waals surface area contributed by atoms with Gasteiger partial charge in [0.15, 0.2) is 11.5 Å². The lowest BCUT2D eigenvalue weighted by atomic mass is 10.1. The highest BCUT2D eigenvalue weighted by molar-refractivity contribution is 5.85. The zero-order valence-corrected chi connectivity index (χ0v) is 10.1. The molecule has 4 heteroatoms. The molecule has 0 atom stereocenters. The van der Waals surface area contributed by atoms with Crippen molar-refractivity contribution in [3.05, 3.63) is 23.3 Å². The Labute approximate surface area is 96.4 Å². The van der Waals surface area contributed by atoms with Gasteiger partial charge in [-0.15, -0.1) is 12.4 Å². The molecule has 0 aliphatic carbocycles. The molecule has 0 saturated heterocycles. The Hall–Kier alpha value is -0.930. The van der Waals surface area contributed by atoms with Crippen LogP contribution in [-0.4, -0.2) is 26.2 Å². The van der Waals surface area contributed by atoms with E-state index in [1.807, 2.05) is 0 Å². The van der Waals surface area contributed by atoms with Gasteiger partial charge in [0.05, 0.1) is 14.2 Å². The van der Waals surface area contributed by atoms with Crippen LogP contribution < -0.4 is 9.47 Å². The van der Waals surface area contributed by atoms with E-state index in [0.717, 1.165) is 24.6 Å². The lowest BCUT2D eigenvalue weighted by Crippen LogP contribution is -2.07. The maximum atomic E-state index is 5.25. The molecular formula is C11H16ClNO2. The van der Waals surface area contributed by atoms with Crippen LogP contribution in [0.5, 0.6) is 11.5 Å². The molecule has 0 aromatic heterocycles. The summed E-state index contributed by atoms with van der Waals surface area (Å²) in [6.07, 6.45) is 0. The molecule has 3 nitrogen and oxygen atoms in total. The number of benzene rings is 1. The lowest BCUT2D eigenvalue weighted by molar-refractivity contribution is 0.353. The van der Waals surface area contributed by atoms with Gasteiger partial charge in [0.25, 0.3) is 0 Å². The van der Waals surface area contributed by atoms with Crippen molar-refractivity contribution in [2.45, 2.75) is 13.1 Å². The first kappa shape index (κ1) is 12.1. The van der Waals surface area contributed by atoms with E-state index in [1.165, 1.54) is 11.1 Å². The predicted molar refractivity (Wildman–Crippen MR) is 62.0 cm³/mol. The van der Waals surface area contributed by atoms with Crippen molar-refractivity contribution < 1.29 is 9.47 Å². The van der Waals surface area contributed by atoms with Crippen LogP contribution in [0.1, 0.15) is 11.1 Å². The van der Waals surface area contributed by atoms with Gasteiger partial charge in [-0.2, -0.15) is 0 Å². The van der Waals surface area contributed by atoms with E-state index in [4.69, 9.17) is 9.47 Å². The Balaban J connectivity index is 0.00000112. The van der Waals surface area contributed by atoms with Crippen molar-refractivity contribution in [3.8, 4) is 11.5 Å². The van der Waals surface area contributed by atoms with Crippen molar-refractivity contribution in [1.82, 2.24) is 4.90 Å². The molecule has 0 N–H and O–H groups in total. The topological polar surface area (TPSA) is 21.7 Å². The molecule has 1 aromatic carbocycles. The van der Waals surface area contributed by atoms with E-state index < -0.39 is 0 Å². The first-order valence-corrected chi connectivity index (χ1v) is 4.67. The molecule has 0 unspecified atom stereocenters. The SMILES string of the molecule is COc1cc2c(cc1OC)CN(C)C2.Cl. The molecule has 2 rings (SSSR count). The first-order chi connectivity index (χ1) is 6.74. The van der Waals surface area contributed by atoms with E-state index in [0.29, 0.717) is 0 Å². The Morgan fingerprint density at radius 1 is 1.00 bits per heavy atom. The molecule has 0 fully saturated rings. The second-order valence-corrected chi connectivity index (χ2v) is 3.65. The monoisotopic (exact) mass is 229 g/mol. The van der Waals surface area contributed by atoms with Gasteiger partial charge < -0.3 is 9.47 Å². The second-order valence-electron chi connectivity index (χ2n) is 3.65. The highest BCUT2D eigenvalue weighted by Crippen LogP contribution is 2.34. The maximum absolute atomic E-state index is 5.25. The number of nitrogens with zero attached hydrogens (tertiary/aromatic N) is 1. The first-order valence-electron chi connectivity index (χ1n) is 4.67. The average Bonchev–Trinajstić information content (AvgIpc) is 2.54. The molecule has 0 spiro atoms. The number of hydrogen-bond donors (Lipinski definition) is 0. The molecule has 1 aromatic rings. The standard InChI is InChI=1S/C11H15NO2.ClH/c1-12-6-8-4-10(13-2)11(14-3)5-9(8)7-12;/h4-5H,6-7H2,1-3H3;1H. The number of rotatable bonds is 2. The van der Waals surface area contributed by atoms with Gasteiger partial charge in [-0.05, 0) is 30.3 Å². The van der Waals surface area contributed by atoms with Crippen LogP contribution in [0.15, 0.2) is 12.1 Å². The molecule has 1 aliphatic rings.